The molecule has 0 heterocycles. The molecule has 0 radical (unpaired) electrons. The second-order valence-corrected chi connectivity index (χ2v) is 6.04. The van der Waals surface area contributed by atoms with Crippen molar-refractivity contribution in [2.45, 2.75) is 6.17 Å². The maximum absolute atomic E-state index is 9.89. The van der Waals surface area contributed by atoms with Crippen LogP contribution < -0.4 is 0 Å². The van der Waals surface area contributed by atoms with Crippen molar-refractivity contribution in [1.29, 1.82) is 0 Å². The van der Waals surface area contributed by atoms with E-state index in [9.17, 15) is 10.2 Å². The third kappa shape index (κ3) is 4.49. The summed E-state index contributed by atoms with van der Waals surface area (Å²) in [5.41, 5.74) is 2.04. The van der Waals surface area contributed by atoms with Crippen molar-refractivity contribution in [2.75, 3.05) is 0 Å². The lowest BCUT2D eigenvalue weighted by Crippen LogP contribution is -1.95. The van der Waals surface area contributed by atoms with Gasteiger partial charge in [0.15, 0.2) is 6.17 Å². The monoisotopic (exact) mass is 364 g/mol. The number of nitrogens with zero attached hydrogens (tertiary/aromatic N) is 2. The second kappa shape index (κ2) is 8.32. The van der Waals surface area contributed by atoms with Crippen LogP contribution >= 0.6 is 11.6 Å². The van der Waals surface area contributed by atoms with E-state index in [1.165, 1.54) is 0 Å². The summed E-state index contributed by atoms with van der Waals surface area (Å²) in [5.74, 6) is 0.298. The molecule has 3 aromatic rings. The quantitative estimate of drug-likeness (QED) is 0.626. The molecule has 0 atom stereocenters. The minimum absolute atomic E-state index is 0.149. The van der Waals surface area contributed by atoms with Crippen molar-refractivity contribution in [2.24, 2.45) is 9.98 Å². The summed E-state index contributed by atoms with van der Waals surface area (Å²) in [6.45, 7) is 0. The predicted octanol–water partition coefficient (Wildman–Crippen LogP) is 4.99. The Bertz CT molecular complexity index is 881. The Hall–Kier alpha value is -3.11. The number of rotatable bonds is 5. The summed E-state index contributed by atoms with van der Waals surface area (Å²) in [4.78, 5) is 8.98. The van der Waals surface area contributed by atoms with Crippen LogP contribution in [0.3, 0.4) is 0 Å². The van der Waals surface area contributed by atoms with Gasteiger partial charge >= 0.3 is 0 Å². The van der Waals surface area contributed by atoms with Gasteiger partial charge in [0.2, 0.25) is 0 Å². The molecule has 0 unspecified atom stereocenters. The van der Waals surface area contributed by atoms with Crippen LogP contribution in [0.25, 0.3) is 0 Å². The van der Waals surface area contributed by atoms with Gasteiger partial charge in [0.05, 0.1) is 0 Å². The molecule has 3 aromatic carbocycles. The molecular formula is C21H17ClN2O2. The first-order valence-electron chi connectivity index (χ1n) is 8.01. The molecule has 26 heavy (non-hydrogen) atoms. The molecule has 2 N–H and O–H groups in total. The summed E-state index contributed by atoms with van der Waals surface area (Å²) in [6, 6.07) is 21.1. The molecule has 0 aliphatic heterocycles. The summed E-state index contributed by atoms with van der Waals surface area (Å²) < 4.78 is 0. The van der Waals surface area contributed by atoms with Crippen LogP contribution in [-0.4, -0.2) is 22.6 Å². The first-order chi connectivity index (χ1) is 12.6. The summed E-state index contributed by atoms with van der Waals surface area (Å²) >= 11 is 5.96. The Balaban J connectivity index is 1.93. The van der Waals surface area contributed by atoms with E-state index in [1.54, 1.807) is 61.0 Å². The Labute approximate surface area is 156 Å². The van der Waals surface area contributed by atoms with E-state index in [-0.39, 0.29) is 11.5 Å². The third-order valence-electron chi connectivity index (χ3n) is 3.75. The normalized spacial score (nSPS) is 12.7. The van der Waals surface area contributed by atoms with Crippen molar-refractivity contribution in [1.82, 2.24) is 0 Å². The largest absolute Gasteiger partial charge is 0.507 e. The zero-order valence-corrected chi connectivity index (χ0v) is 14.6. The van der Waals surface area contributed by atoms with E-state index in [1.807, 2.05) is 24.3 Å². The van der Waals surface area contributed by atoms with E-state index in [0.29, 0.717) is 16.1 Å². The molecule has 0 aliphatic carbocycles. The number of para-hydroxylation sites is 2. The van der Waals surface area contributed by atoms with Crippen molar-refractivity contribution >= 4 is 24.0 Å². The highest BCUT2D eigenvalue weighted by Gasteiger charge is 2.08. The summed E-state index contributed by atoms with van der Waals surface area (Å²) in [7, 11) is 0. The first kappa shape index (κ1) is 17.7. The number of phenols is 2. The molecule has 0 amide bonds. The fourth-order valence-corrected chi connectivity index (χ4v) is 2.47. The smallest absolute Gasteiger partial charge is 0.165 e. The van der Waals surface area contributed by atoms with Crippen LogP contribution in [0.1, 0.15) is 22.9 Å². The highest BCUT2D eigenvalue weighted by molar-refractivity contribution is 6.30. The van der Waals surface area contributed by atoms with Crippen molar-refractivity contribution in [3.8, 4) is 11.5 Å². The predicted molar refractivity (Wildman–Crippen MR) is 106 cm³/mol. The molecule has 0 saturated heterocycles. The van der Waals surface area contributed by atoms with Crippen molar-refractivity contribution < 1.29 is 10.2 Å². The number of phenolic OH excluding ortho intramolecular Hbond substituents is 2. The lowest BCUT2D eigenvalue weighted by Gasteiger charge is -2.09. The number of benzene rings is 3. The Morgan fingerprint density at radius 1 is 0.692 bits per heavy atom. The van der Waals surface area contributed by atoms with Crippen LogP contribution in [-0.2, 0) is 0 Å². The van der Waals surface area contributed by atoms with Gasteiger partial charge in [-0.05, 0) is 42.0 Å². The van der Waals surface area contributed by atoms with Gasteiger partial charge in [-0.3, -0.25) is 9.98 Å². The van der Waals surface area contributed by atoms with Gasteiger partial charge in [0, 0.05) is 28.6 Å². The van der Waals surface area contributed by atoms with Gasteiger partial charge in [0.25, 0.3) is 0 Å². The van der Waals surface area contributed by atoms with Gasteiger partial charge in [-0.2, -0.15) is 0 Å². The molecule has 0 aliphatic rings. The molecule has 0 fully saturated rings. The van der Waals surface area contributed by atoms with E-state index in [2.05, 4.69) is 9.98 Å². The standard InChI is InChI=1S/C21H17ClN2O2/c22-18-11-9-15(10-12-18)21(23-13-16-5-1-3-7-19(16)25)24-14-17-6-2-4-8-20(17)26/h1-14,21,25-26H. The number of hydrogen-bond acceptors (Lipinski definition) is 4. The lowest BCUT2D eigenvalue weighted by atomic mass is 10.1. The third-order valence-corrected chi connectivity index (χ3v) is 4.00. The molecule has 4 nitrogen and oxygen atoms in total. The molecule has 0 aromatic heterocycles. The van der Waals surface area contributed by atoms with Crippen LogP contribution in [0.5, 0.6) is 11.5 Å². The Kier molecular flexibility index (Phi) is 5.66. The average Bonchev–Trinajstić information content (AvgIpc) is 2.65. The molecule has 0 bridgehead atoms. The zero-order valence-electron chi connectivity index (χ0n) is 13.8. The van der Waals surface area contributed by atoms with Crippen LogP contribution in [0.4, 0.5) is 0 Å². The summed E-state index contributed by atoms with van der Waals surface area (Å²) in [6.07, 6.45) is 2.62. The number of aromatic hydroxyl groups is 2. The zero-order chi connectivity index (χ0) is 18.4. The van der Waals surface area contributed by atoms with Gasteiger partial charge in [-0.1, -0.05) is 48.0 Å². The molecule has 0 spiro atoms. The lowest BCUT2D eigenvalue weighted by molar-refractivity contribution is 0.474. The maximum atomic E-state index is 9.89. The van der Waals surface area contributed by atoms with E-state index >= 15 is 0 Å². The van der Waals surface area contributed by atoms with Gasteiger partial charge in [-0.15, -0.1) is 0 Å². The number of hydrogen-bond donors (Lipinski definition) is 2. The van der Waals surface area contributed by atoms with Gasteiger partial charge < -0.3 is 10.2 Å². The van der Waals surface area contributed by atoms with Crippen molar-refractivity contribution in [3.05, 3.63) is 94.5 Å². The number of aliphatic imine (C=N–C) groups is 2. The maximum Gasteiger partial charge on any atom is 0.165 e. The van der Waals surface area contributed by atoms with Crippen LogP contribution in [0, 0.1) is 0 Å². The number of halogens is 1. The van der Waals surface area contributed by atoms with E-state index in [4.69, 9.17) is 11.6 Å². The first-order valence-corrected chi connectivity index (χ1v) is 8.39. The molecule has 130 valence electrons. The Morgan fingerprint density at radius 3 is 1.62 bits per heavy atom. The van der Waals surface area contributed by atoms with Gasteiger partial charge in [-0.25, -0.2) is 0 Å². The van der Waals surface area contributed by atoms with Gasteiger partial charge in [0.1, 0.15) is 11.5 Å². The SMILES string of the molecule is Oc1ccccc1C=NC(N=Cc1ccccc1O)c1ccc(Cl)cc1. The highest BCUT2D eigenvalue weighted by Crippen LogP contribution is 2.23. The topological polar surface area (TPSA) is 65.2 Å². The van der Waals surface area contributed by atoms with Crippen molar-refractivity contribution in [3.63, 3.8) is 0 Å². The fourth-order valence-electron chi connectivity index (χ4n) is 2.34. The minimum atomic E-state index is -0.536. The molecule has 0 saturated carbocycles. The Morgan fingerprint density at radius 2 is 1.15 bits per heavy atom. The van der Waals surface area contributed by atoms with Crippen LogP contribution in [0.2, 0.25) is 5.02 Å². The van der Waals surface area contributed by atoms with Crippen LogP contribution in [0.15, 0.2) is 82.8 Å². The molecule has 5 heteroatoms. The minimum Gasteiger partial charge on any atom is -0.507 e. The fraction of sp³-hybridized carbons (Fsp3) is 0.0476. The molecular weight excluding hydrogens is 348 g/mol. The average molecular weight is 365 g/mol. The highest BCUT2D eigenvalue weighted by atomic mass is 35.5. The molecule has 3 rings (SSSR count). The summed E-state index contributed by atoms with van der Waals surface area (Å²) in [5, 5.41) is 20.4. The second-order valence-electron chi connectivity index (χ2n) is 5.60. The van der Waals surface area contributed by atoms with E-state index < -0.39 is 6.17 Å². The van der Waals surface area contributed by atoms with E-state index in [0.717, 1.165) is 5.56 Å².